The summed E-state index contributed by atoms with van der Waals surface area (Å²) in [6, 6.07) is 4.11. The van der Waals surface area contributed by atoms with Gasteiger partial charge in [-0.05, 0) is 43.7 Å². The lowest BCUT2D eigenvalue weighted by atomic mass is 10.1. The highest BCUT2D eigenvalue weighted by molar-refractivity contribution is 5.94. The Labute approximate surface area is 163 Å². The maximum absolute atomic E-state index is 12.8. The van der Waals surface area contributed by atoms with E-state index in [0.29, 0.717) is 12.0 Å². The Bertz CT molecular complexity index is 616. The number of aliphatic hydroxyl groups is 1. The van der Waals surface area contributed by atoms with Gasteiger partial charge < -0.3 is 14.9 Å². The van der Waals surface area contributed by atoms with Crippen LogP contribution in [0.1, 0.15) is 49.9 Å². The van der Waals surface area contributed by atoms with E-state index < -0.39 is 0 Å². The second-order valence-electron chi connectivity index (χ2n) is 8.26. The zero-order valence-corrected chi connectivity index (χ0v) is 16.8. The Balaban J connectivity index is 1.69. The lowest BCUT2D eigenvalue weighted by Gasteiger charge is -2.42. The van der Waals surface area contributed by atoms with Gasteiger partial charge in [-0.3, -0.25) is 9.69 Å². The van der Waals surface area contributed by atoms with Crippen LogP contribution in [0.15, 0.2) is 18.3 Å². The van der Waals surface area contributed by atoms with Crippen molar-refractivity contribution in [3.63, 3.8) is 0 Å². The average Bonchev–Trinajstić information content (AvgIpc) is 2.69. The van der Waals surface area contributed by atoms with Crippen LogP contribution in [0.2, 0.25) is 0 Å². The summed E-state index contributed by atoms with van der Waals surface area (Å²) in [6.07, 6.45) is 5.95. The van der Waals surface area contributed by atoms with Crippen molar-refractivity contribution >= 4 is 11.7 Å². The molecule has 0 aromatic carbocycles. The highest BCUT2D eigenvalue weighted by Crippen LogP contribution is 2.22. The highest BCUT2D eigenvalue weighted by atomic mass is 16.3. The van der Waals surface area contributed by atoms with E-state index in [2.05, 4.69) is 28.6 Å². The summed E-state index contributed by atoms with van der Waals surface area (Å²) in [6.45, 7) is 10.2. The van der Waals surface area contributed by atoms with Gasteiger partial charge in [0.15, 0.2) is 0 Å². The first-order chi connectivity index (χ1) is 13.1. The molecule has 2 fully saturated rings. The zero-order valence-electron chi connectivity index (χ0n) is 16.8. The number of hydrogen-bond acceptors (Lipinski definition) is 5. The summed E-state index contributed by atoms with van der Waals surface area (Å²) in [5.74, 6) is 1.62. The standard InChI is InChI=1S/C21H34N4O2/c1-17(2)15-24-11-12-25(16-19(24)7-13-26)20-14-18(6-8-22-20)21(27)23-9-4-3-5-10-23/h6,8,14,17,19,26H,3-5,7,9-13,15-16H2,1-2H3. The molecule has 1 N–H and O–H groups in total. The Morgan fingerprint density at radius 3 is 2.70 bits per heavy atom. The van der Waals surface area contributed by atoms with Gasteiger partial charge >= 0.3 is 0 Å². The Morgan fingerprint density at radius 1 is 1.22 bits per heavy atom. The molecule has 0 aliphatic carbocycles. The molecule has 0 spiro atoms. The van der Waals surface area contributed by atoms with E-state index in [4.69, 9.17) is 0 Å². The van der Waals surface area contributed by atoms with E-state index in [9.17, 15) is 9.90 Å². The van der Waals surface area contributed by atoms with E-state index in [0.717, 1.165) is 69.9 Å². The van der Waals surface area contributed by atoms with Crippen LogP contribution in [0.3, 0.4) is 0 Å². The lowest BCUT2D eigenvalue weighted by molar-refractivity contribution is 0.0724. The van der Waals surface area contributed by atoms with Crippen molar-refractivity contribution < 1.29 is 9.90 Å². The third-order valence-corrected chi connectivity index (χ3v) is 5.63. The number of amides is 1. The molecule has 0 saturated carbocycles. The van der Waals surface area contributed by atoms with Gasteiger partial charge in [0.2, 0.25) is 0 Å². The number of hydrogen-bond donors (Lipinski definition) is 1. The number of aromatic nitrogens is 1. The Hall–Kier alpha value is -1.66. The molecule has 0 bridgehead atoms. The van der Waals surface area contributed by atoms with E-state index in [1.54, 1.807) is 6.20 Å². The number of piperazine rings is 1. The first-order valence-electron chi connectivity index (χ1n) is 10.4. The summed E-state index contributed by atoms with van der Waals surface area (Å²) >= 11 is 0. The molecule has 6 heteroatoms. The van der Waals surface area contributed by atoms with Crippen molar-refractivity contribution in [3.05, 3.63) is 23.9 Å². The number of aliphatic hydroxyl groups excluding tert-OH is 1. The summed E-state index contributed by atoms with van der Waals surface area (Å²) < 4.78 is 0. The van der Waals surface area contributed by atoms with Gasteiger partial charge in [-0.15, -0.1) is 0 Å². The predicted octanol–water partition coefficient (Wildman–Crippen LogP) is 2.24. The van der Waals surface area contributed by atoms with Crippen LogP contribution in [0, 0.1) is 5.92 Å². The molecule has 27 heavy (non-hydrogen) atoms. The quantitative estimate of drug-likeness (QED) is 0.827. The zero-order chi connectivity index (χ0) is 19.2. The third-order valence-electron chi connectivity index (χ3n) is 5.63. The summed E-state index contributed by atoms with van der Waals surface area (Å²) in [5.41, 5.74) is 0.741. The minimum atomic E-state index is 0.128. The molecule has 1 aromatic rings. The Kier molecular flexibility index (Phi) is 7.07. The summed E-state index contributed by atoms with van der Waals surface area (Å²) in [7, 11) is 0. The molecule has 1 aromatic heterocycles. The van der Waals surface area contributed by atoms with Gasteiger partial charge in [-0.25, -0.2) is 4.98 Å². The second-order valence-corrected chi connectivity index (χ2v) is 8.26. The van der Waals surface area contributed by atoms with Crippen molar-refractivity contribution in [3.8, 4) is 0 Å². The first kappa shape index (κ1) is 20.1. The maximum atomic E-state index is 12.8. The van der Waals surface area contributed by atoms with Gasteiger partial charge in [-0.2, -0.15) is 0 Å². The molecule has 1 atom stereocenters. The fraction of sp³-hybridized carbons (Fsp3) is 0.714. The van der Waals surface area contributed by atoms with Crippen LogP contribution in [0.25, 0.3) is 0 Å². The lowest BCUT2D eigenvalue weighted by Crippen LogP contribution is -2.54. The number of carbonyl (C=O) groups is 1. The molecular weight excluding hydrogens is 340 g/mol. The monoisotopic (exact) mass is 374 g/mol. The average molecular weight is 375 g/mol. The number of rotatable bonds is 6. The normalized spacial score (nSPS) is 21.7. The fourth-order valence-electron chi connectivity index (χ4n) is 4.24. The Morgan fingerprint density at radius 2 is 2.00 bits per heavy atom. The molecule has 1 unspecified atom stereocenters. The molecule has 1 amide bonds. The van der Waals surface area contributed by atoms with Crippen LogP contribution >= 0.6 is 0 Å². The minimum absolute atomic E-state index is 0.128. The SMILES string of the molecule is CC(C)CN1CCN(c2cc(C(=O)N3CCCCC3)ccn2)CC1CCO. The van der Waals surface area contributed by atoms with Gasteiger partial charge in [-0.1, -0.05) is 13.8 Å². The first-order valence-corrected chi connectivity index (χ1v) is 10.4. The third kappa shape index (κ3) is 5.20. The number of nitrogens with zero attached hydrogens (tertiary/aromatic N) is 4. The highest BCUT2D eigenvalue weighted by Gasteiger charge is 2.28. The fourth-order valence-corrected chi connectivity index (χ4v) is 4.24. The number of pyridine rings is 1. The summed E-state index contributed by atoms with van der Waals surface area (Å²) in [5, 5.41) is 9.48. The van der Waals surface area contributed by atoms with Crippen LogP contribution in [-0.2, 0) is 0 Å². The van der Waals surface area contributed by atoms with E-state index in [-0.39, 0.29) is 12.5 Å². The van der Waals surface area contributed by atoms with E-state index >= 15 is 0 Å². The van der Waals surface area contributed by atoms with E-state index in [1.807, 2.05) is 17.0 Å². The molecule has 6 nitrogen and oxygen atoms in total. The molecule has 2 aliphatic rings. The molecule has 0 radical (unpaired) electrons. The van der Waals surface area contributed by atoms with E-state index in [1.165, 1.54) is 6.42 Å². The molecule has 2 aliphatic heterocycles. The molecule has 3 rings (SSSR count). The van der Waals surface area contributed by atoms with Crippen molar-refractivity contribution in [2.45, 2.75) is 45.6 Å². The molecule has 3 heterocycles. The number of likely N-dealkylation sites (tertiary alicyclic amines) is 1. The minimum Gasteiger partial charge on any atom is -0.396 e. The largest absolute Gasteiger partial charge is 0.396 e. The molecule has 150 valence electrons. The molecule has 2 saturated heterocycles. The number of anilines is 1. The van der Waals surface area contributed by atoms with Crippen molar-refractivity contribution in [2.24, 2.45) is 5.92 Å². The van der Waals surface area contributed by atoms with Crippen LogP contribution < -0.4 is 4.90 Å². The smallest absolute Gasteiger partial charge is 0.254 e. The number of piperidine rings is 1. The van der Waals surface area contributed by atoms with Crippen LogP contribution in [0.5, 0.6) is 0 Å². The van der Waals surface area contributed by atoms with Crippen molar-refractivity contribution in [1.29, 1.82) is 0 Å². The van der Waals surface area contributed by atoms with Gasteiger partial charge in [0.1, 0.15) is 5.82 Å². The maximum Gasteiger partial charge on any atom is 0.254 e. The van der Waals surface area contributed by atoms with Crippen molar-refractivity contribution in [2.75, 3.05) is 50.8 Å². The number of carbonyl (C=O) groups excluding carboxylic acids is 1. The van der Waals surface area contributed by atoms with Gasteiger partial charge in [0.25, 0.3) is 5.91 Å². The summed E-state index contributed by atoms with van der Waals surface area (Å²) in [4.78, 5) is 24.1. The molecular formula is C21H34N4O2. The van der Waals surface area contributed by atoms with Crippen LogP contribution in [-0.4, -0.2) is 77.7 Å². The van der Waals surface area contributed by atoms with Gasteiger partial charge in [0, 0.05) is 63.7 Å². The topological polar surface area (TPSA) is 59.9 Å². The van der Waals surface area contributed by atoms with Crippen LogP contribution in [0.4, 0.5) is 5.82 Å². The second kappa shape index (κ2) is 9.51. The van der Waals surface area contributed by atoms with Gasteiger partial charge in [0.05, 0.1) is 0 Å². The van der Waals surface area contributed by atoms with Crippen molar-refractivity contribution in [1.82, 2.24) is 14.8 Å². The predicted molar refractivity (Wildman–Crippen MR) is 108 cm³/mol.